The van der Waals surface area contributed by atoms with E-state index in [1.807, 2.05) is 17.8 Å². The molecule has 1 atom stereocenters. The van der Waals surface area contributed by atoms with Gasteiger partial charge in [0.25, 0.3) is 0 Å². The average Bonchev–Trinajstić information content (AvgIpc) is 3.24. The molecule has 0 saturated heterocycles. The fourth-order valence-electron chi connectivity index (χ4n) is 4.60. The molecule has 1 aliphatic carbocycles. The third-order valence-corrected chi connectivity index (χ3v) is 8.23. The van der Waals surface area contributed by atoms with Crippen molar-refractivity contribution in [2.45, 2.75) is 51.0 Å². The van der Waals surface area contributed by atoms with Crippen LogP contribution in [0.5, 0.6) is 0 Å². The predicted octanol–water partition coefficient (Wildman–Crippen LogP) is 6.80. The highest BCUT2D eigenvalue weighted by Gasteiger charge is 2.26. The van der Waals surface area contributed by atoms with Crippen molar-refractivity contribution in [3.05, 3.63) is 54.1 Å². The summed E-state index contributed by atoms with van der Waals surface area (Å²) >= 11 is 3.58. The highest BCUT2D eigenvalue weighted by molar-refractivity contribution is 8.14. The van der Waals surface area contributed by atoms with Gasteiger partial charge in [-0.25, -0.2) is 4.98 Å². The van der Waals surface area contributed by atoms with Gasteiger partial charge in [0.05, 0.1) is 16.3 Å². The summed E-state index contributed by atoms with van der Waals surface area (Å²) in [6, 6.07) is 17.6. The molecule has 1 unspecified atom stereocenters. The van der Waals surface area contributed by atoms with Gasteiger partial charge in [-0.3, -0.25) is 4.99 Å². The number of nitrogens with one attached hydrogen (secondary N) is 2. The largest absolute Gasteiger partial charge is 0.361 e. The molecule has 31 heavy (non-hydrogen) atoms. The van der Waals surface area contributed by atoms with Crippen LogP contribution in [0.3, 0.4) is 0 Å². The Morgan fingerprint density at radius 3 is 2.61 bits per heavy atom. The molecule has 0 amide bonds. The number of fused-ring (bicyclic) bond motifs is 1. The monoisotopic (exact) mass is 450 g/mol. The lowest BCUT2D eigenvalue weighted by atomic mass is 9.83. The average molecular weight is 451 g/mol. The minimum Gasteiger partial charge on any atom is -0.361 e. The van der Waals surface area contributed by atoms with Crippen LogP contribution in [0.2, 0.25) is 0 Å². The topological polar surface area (TPSA) is 49.3 Å². The van der Waals surface area contributed by atoms with Crippen molar-refractivity contribution in [1.82, 2.24) is 4.98 Å². The first-order chi connectivity index (χ1) is 15.3. The van der Waals surface area contributed by atoms with E-state index in [4.69, 9.17) is 4.99 Å². The zero-order chi connectivity index (χ0) is 20.9. The van der Waals surface area contributed by atoms with E-state index < -0.39 is 0 Å². The van der Waals surface area contributed by atoms with Gasteiger partial charge < -0.3 is 10.6 Å². The Morgan fingerprint density at radius 2 is 1.77 bits per heavy atom. The SMILES string of the molecule is c1ccc2sc(NCCc3ccc(NC4=NC(C5CCCCC5)CCS4)cc3)nc2c1. The summed E-state index contributed by atoms with van der Waals surface area (Å²) in [5.74, 6) is 1.99. The maximum atomic E-state index is 5.08. The summed E-state index contributed by atoms with van der Waals surface area (Å²) in [4.78, 5) is 9.72. The van der Waals surface area contributed by atoms with Gasteiger partial charge in [-0.1, -0.05) is 66.6 Å². The van der Waals surface area contributed by atoms with Crippen molar-refractivity contribution >= 4 is 49.3 Å². The maximum absolute atomic E-state index is 5.08. The number of thiazole rings is 1. The van der Waals surface area contributed by atoms with E-state index in [2.05, 4.69) is 58.1 Å². The minimum atomic E-state index is 0.525. The number of para-hydroxylation sites is 1. The van der Waals surface area contributed by atoms with Crippen molar-refractivity contribution in [3.63, 3.8) is 0 Å². The second-order valence-electron chi connectivity index (χ2n) is 8.52. The smallest absolute Gasteiger partial charge is 0.183 e. The fourth-order valence-corrected chi connectivity index (χ4v) is 6.44. The van der Waals surface area contributed by atoms with Crippen LogP contribution in [0.1, 0.15) is 44.1 Å². The number of aliphatic imine (C=N–C) groups is 1. The van der Waals surface area contributed by atoms with Crippen molar-refractivity contribution in [2.75, 3.05) is 22.9 Å². The predicted molar refractivity (Wildman–Crippen MR) is 137 cm³/mol. The molecule has 1 aliphatic heterocycles. The molecule has 1 fully saturated rings. The van der Waals surface area contributed by atoms with Gasteiger partial charge in [0.2, 0.25) is 0 Å². The molecule has 2 N–H and O–H groups in total. The van der Waals surface area contributed by atoms with E-state index in [1.54, 1.807) is 11.3 Å². The van der Waals surface area contributed by atoms with Gasteiger partial charge in [-0.15, -0.1) is 0 Å². The molecule has 162 valence electrons. The molecule has 0 radical (unpaired) electrons. The lowest BCUT2D eigenvalue weighted by Gasteiger charge is -2.30. The molecule has 2 heterocycles. The number of amidine groups is 1. The molecule has 6 heteroatoms. The Bertz CT molecular complexity index is 988. The van der Waals surface area contributed by atoms with Gasteiger partial charge in [0.1, 0.15) is 0 Å². The normalized spacial score (nSPS) is 19.9. The zero-order valence-corrected chi connectivity index (χ0v) is 19.5. The summed E-state index contributed by atoms with van der Waals surface area (Å²) in [6.07, 6.45) is 9.15. The first kappa shape index (κ1) is 20.8. The molecule has 1 saturated carbocycles. The molecule has 1 aromatic heterocycles. The van der Waals surface area contributed by atoms with Crippen molar-refractivity contribution in [2.24, 2.45) is 10.9 Å². The van der Waals surface area contributed by atoms with Crippen LogP contribution in [0.4, 0.5) is 10.8 Å². The van der Waals surface area contributed by atoms with Crippen LogP contribution < -0.4 is 10.6 Å². The Hall–Kier alpha value is -2.05. The molecule has 2 aliphatic rings. The number of hydrogen-bond acceptors (Lipinski definition) is 6. The minimum absolute atomic E-state index is 0.525. The highest BCUT2D eigenvalue weighted by atomic mass is 32.2. The molecule has 0 spiro atoms. The van der Waals surface area contributed by atoms with Gasteiger partial charge in [0, 0.05) is 18.0 Å². The first-order valence-electron chi connectivity index (χ1n) is 11.5. The molecule has 0 bridgehead atoms. The fraction of sp³-hybridized carbons (Fsp3) is 0.440. The number of rotatable bonds is 6. The van der Waals surface area contributed by atoms with E-state index in [9.17, 15) is 0 Å². The van der Waals surface area contributed by atoms with Crippen molar-refractivity contribution in [3.8, 4) is 0 Å². The van der Waals surface area contributed by atoms with Crippen LogP contribution in [0.25, 0.3) is 10.2 Å². The first-order valence-corrected chi connectivity index (χ1v) is 13.3. The second kappa shape index (κ2) is 10.0. The number of benzene rings is 2. The Kier molecular flexibility index (Phi) is 6.75. The third kappa shape index (κ3) is 5.42. The van der Waals surface area contributed by atoms with Gasteiger partial charge in [-0.2, -0.15) is 0 Å². The van der Waals surface area contributed by atoms with Crippen molar-refractivity contribution < 1.29 is 0 Å². The number of aromatic nitrogens is 1. The van der Waals surface area contributed by atoms with Crippen LogP contribution in [-0.2, 0) is 6.42 Å². The number of nitrogens with zero attached hydrogens (tertiary/aromatic N) is 2. The van der Waals surface area contributed by atoms with E-state index in [1.165, 1.54) is 54.5 Å². The maximum Gasteiger partial charge on any atom is 0.183 e. The van der Waals surface area contributed by atoms with E-state index in [0.29, 0.717) is 6.04 Å². The Morgan fingerprint density at radius 1 is 0.935 bits per heavy atom. The summed E-state index contributed by atoms with van der Waals surface area (Å²) < 4.78 is 1.23. The number of anilines is 2. The van der Waals surface area contributed by atoms with E-state index in [0.717, 1.165) is 40.4 Å². The number of thioether (sulfide) groups is 1. The van der Waals surface area contributed by atoms with Crippen LogP contribution in [0, 0.1) is 5.92 Å². The van der Waals surface area contributed by atoms with Crippen molar-refractivity contribution in [1.29, 1.82) is 0 Å². The summed E-state index contributed by atoms with van der Waals surface area (Å²) in [6.45, 7) is 0.887. The third-order valence-electron chi connectivity index (χ3n) is 6.32. The molecule has 3 aromatic rings. The van der Waals surface area contributed by atoms with Gasteiger partial charge in [0.15, 0.2) is 10.3 Å². The summed E-state index contributed by atoms with van der Waals surface area (Å²) in [5.41, 5.74) is 3.54. The standard InChI is InChI=1S/C25H30N4S2/c1-2-6-19(7-3-1)21-15-17-30-25(28-21)27-20-12-10-18(11-13-20)14-16-26-24-29-22-8-4-5-9-23(22)31-24/h4-5,8-13,19,21H,1-3,6-7,14-17H2,(H,26,29)(H,27,28). The Balaban J connectivity index is 1.13. The molecule has 4 nitrogen and oxygen atoms in total. The van der Waals surface area contributed by atoms with Crippen LogP contribution >= 0.6 is 23.1 Å². The van der Waals surface area contributed by atoms with E-state index >= 15 is 0 Å². The summed E-state index contributed by atoms with van der Waals surface area (Å²) in [7, 11) is 0. The summed E-state index contributed by atoms with van der Waals surface area (Å²) in [5, 5.41) is 9.13. The Labute approximate surface area is 193 Å². The van der Waals surface area contributed by atoms with E-state index in [-0.39, 0.29) is 0 Å². The van der Waals surface area contributed by atoms with Crippen LogP contribution in [0.15, 0.2) is 53.5 Å². The van der Waals surface area contributed by atoms with Crippen LogP contribution in [-0.4, -0.2) is 28.5 Å². The van der Waals surface area contributed by atoms with Gasteiger partial charge in [-0.05, 0) is 61.4 Å². The lowest BCUT2D eigenvalue weighted by molar-refractivity contribution is 0.302. The molecular weight excluding hydrogens is 420 g/mol. The second-order valence-corrected chi connectivity index (χ2v) is 10.6. The van der Waals surface area contributed by atoms with Gasteiger partial charge >= 0.3 is 0 Å². The highest BCUT2D eigenvalue weighted by Crippen LogP contribution is 2.33. The molecular formula is C25H30N4S2. The molecule has 5 rings (SSSR count). The zero-order valence-electron chi connectivity index (χ0n) is 17.8. The quantitative estimate of drug-likeness (QED) is 0.433. The lowest BCUT2D eigenvalue weighted by Crippen LogP contribution is -2.28. The molecule has 2 aromatic carbocycles. The number of hydrogen-bond donors (Lipinski definition) is 2.